The summed E-state index contributed by atoms with van der Waals surface area (Å²) in [5.74, 6) is -0.671. The van der Waals surface area contributed by atoms with E-state index < -0.39 is 21.7 Å². The molecule has 0 aliphatic carbocycles. The molecule has 29 heavy (non-hydrogen) atoms. The number of benzene rings is 3. The van der Waals surface area contributed by atoms with Crippen LogP contribution in [0, 0.1) is 5.82 Å². The van der Waals surface area contributed by atoms with Crippen LogP contribution in [0.25, 0.3) is 0 Å². The van der Waals surface area contributed by atoms with Gasteiger partial charge in [-0.15, -0.1) is 0 Å². The van der Waals surface area contributed by atoms with Crippen molar-refractivity contribution in [3.05, 3.63) is 83.1 Å². The van der Waals surface area contributed by atoms with Gasteiger partial charge in [-0.25, -0.2) is 12.8 Å². The standard InChI is InChI=1S/C20H16ClFN2O4S/c1-28-19-10-5-14(21)12-18(19)24-29(26,27)17-4-2-3-13(11-17)20(25)23-16-8-6-15(22)7-9-16/h2-12,24H,1H3,(H,23,25). The van der Waals surface area contributed by atoms with Crippen LogP contribution >= 0.6 is 11.6 Å². The Balaban J connectivity index is 1.85. The average molecular weight is 435 g/mol. The Labute approximate surface area is 172 Å². The minimum absolute atomic E-state index is 0.119. The summed E-state index contributed by atoms with van der Waals surface area (Å²) in [6, 6.07) is 15.3. The van der Waals surface area contributed by atoms with Gasteiger partial charge in [0.2, 0.25) is 0 Å². The van der Waals surface area contributed by atoms with Crippen molar-refractivity contribution in [3.63, 3.8) is 0 Å². The molecule has 0 aliphatic rings. The van der Waals surface area contributed by atoms with Gasteiger partial charge in [0.25, 0.3) is 15.9 Å². The number of anilines is 2. The van der Waals surface area contributed by atoms with E-state index in [0.29, 0.717) is 16.5 Å². The molecule has 3 aromatic rings. The molecule has 0 aliphatic heterocycles. The third kappa shape index (κ3) is 5.04. The Morgan fingerprint density at radius 1 is 1.03 bits per heavy atom. The minimum atomic E-state index is -4.02. The largest absolute Gasteiger partial charge is 0.495 e. The van der Waals surface area contributed by atoms with Gasteiger partial charge >= 0.3 is 0 Å². The van der Waals surface area contributed by atoms with Gasteiger partial charge in [-0.3, -0.25) is 9.52 Å². The summed E-state index contributed by atoms with van der Waals surface area (Å²) in [6.07, 6.45) is 0. The maximum absolute atomic E-state index is 13.0. The maximum atomic E-state index is 13.0. The van der Waals surface area contributed by atoms with E-state index in [2.05, 4.69) is 10.0 Å². The summed E-state index contributed by atoms with van der Waals surface area (Å²) in [7, 11) is -2.61. The van der Waals surface area contributed by atoms with Crippen molar-refractivity contribution in [2.45, 2.75) is 4.90 Å². The molecule has 0 radical (unpaired) electrons. The third-order valence-electron chi connectivity index (χ3n) is 3.91. The number of hydrogen-bond donors (Lipinski definition) is 2. The predicted octanol–water partition coefficient (Wildman–Crippen LogP) is 4.54. The highest BCUT2D eigenvalue weighted by atomic mass is 35.5. The van der Waals surface area contributed by atoms with E-state index in [-0.39, 0.29) is 16.1 Å². The predicted molar refractivity (Wildman–Crippen MR) is 110 cm³/mol. The zero-order valence-corrected chi connectivity index (χ0v) is 16.7. The van der Waals surface area contributed by atoms with E-state index >= 15 is 0 Å². The second-order valence-electron chi connectivity index (χ2n) is 5.94. The molecule has 0 saturated carbocycles. The van der Waals surface area contributed by atoms with Crippen molar-refractivity contribution in [3.8, 4) is 5.75 Å². The first-order valence-electron chi connectivity index (χ1n) is 8.32. The summed E-state index contributed by atoms with van der Waals surface area (Å²) < 4.78 is 46.1. The molecule has 9 heteroatoms. The Morgan fingerprint density at radius 2 is 1.76 bits per heavy atom. The van der Waals surface area contributed by atoms with Crippen LogP contribution in [0.2, 0.25) is 5.02 Å². The van der Waals surface area contributed by atoms with Crippen LogP contribution in [0.3, 0.4) is 0 Å². The molecule has 0 heterocycles. The van der Waals surface area contributed by atoms with Gasteiger partial charge in [0, 0.05) is 16.3 Å². The molecule has 0 saturated heterocycles. The molecule has 0 aromatic heterocycles. The van der Waals surface area contributed by atoms with Crippen LogP contribution < -0.4 is 14.8 Å². The smallest absolute Gasteiger partial charge is 0.262 e. The number of carbonyl (C=O) groups excluding carboxylic acids is 1. The fourth-order valence-corrected chi connectivity index (χ4v) is 3.78. The van der Waals surface area contributed by atoms with Gasteiger partial charge < -0.3 is 10.1 Å². The first-order valence-corrected chi connectivity index (χ1v) is 10.2. The lowest BCUT2D eigenvalue weighted by atomic mass is 10.2. The molecule has 150 valence electrons. The molecule has 6 nitrogen and oxygen atoms in total. The fourth-order valence-electron chi connectivity index (χ4n) is 2.50. The number of rotatable bonds is 6. The van der Waals surface area contributed by atoms with Crippen molar-refractivity contribution in [2.75, 3.05) is 17.1 Å². The summed E-state index contributed by atoms with van der Waals surface area (Å²) in [4.78, 5) is 12.3. The number of ether oxygens (including phenoxy) is 1. The van der Waals surface area contributed by atoms with Crippen LogP contribution in [0.15, 0.2) is 71.6 Å². The van der Waals surface area contributed by atoms with E-state index in [1.165, 1.54) is 67.8 Å². The monoisotopic (exact) mass is 434 g/mol. The van der Waals surface area contributed by atoms with Crippen molar-refractivity contribution in [2.24, 2.45) is 0 Å². The second-order valence-corrected chi connectivity index (χ2v) is 8.06. The molecule has 2 N–H and O–H groups in total. The quantitative estimate of drug-likeness (QED) is 0.596. The van der Waals surface area contributed by atoms with Crippen LogP contribution in [-0.2, 0) is 10.0 Å². The molecule has 0 fully saturated rings. The van der Waals surface area contributed by atoms with Crippen molar-refractivity contribution in [1.29, 1.82) is 0 Å². The molecule has 0 bridgehead atoms. The summed E-state index contributed by atoms with van der Waals surface area (Å²) >= 11 is 5.94. The number of halogens is 2. The topological polar surface area (TPSA) is 84.5 Å². The molecular weight excluding hydrogens is 419 g/mol. The Kier molecular flexibility index (Phi) is 6.05. The number of methoxy groups -OCH3 is 1. The van der Waals surface area contributed by atoms with Gasteiger partial charge in [0.15, 0.2) is 0 Å². The van der Waals surface area contributed by atoms with E-state index in [4.69, 9.17) is 16.3 Å². The van der Waals surface area contributed by atoms with Gasteiger partial charge in [-0.1, -0.05) is 17.7 Å². The summed E-state index contributed by atoms with van der Waals surface area (Å²) in [6.45, 7) is 0. The highest BCUT2D eigenvalue weighted by Crippen LogP contribution is 2.30. The van der Waals surface area contributed by atoms with Crippen molar-refractivity contribution < 1.29 is 22.3 Å². The fraction of sp³-hybridized carbons (Fsp3) is 0.0500. The normalized spacial score (nSPS) is 11.0. The van der Waals surface area contributed by atoms with E-state index in [1.54, 1.807) is 6.07 Å². The number of nitrogens with one attached hydrogen (secondary N) is 2. The van der Waals surface area contributed by atoms with Crippen LogP contribution in [0.1, 0.15) is 10.4 Å². The zero-order chi connectivity index (χ0) is 21.0. The Bertz CT molecular complexity index is 1150. The van der Waals surface area contributed by atoms with Gasteiger partial charge in [-0.2, -0.15) is 0 Å². The van der Waals surface area contributed by atoms with Crippen molar-refractivity contribution >= 4 is 38.9 Å². The van der Waals surface area contributed by atoms with E-state index in [1.807, 2.05) is 0 Å². The first-order chi connectivity index (χ1) is 13.8. The lowest BCUT2D eigenvalue weighted by molar-refractivity contribution is 0.102. The third-order valence-corrected chi connectivity index (χ3v) is 5.51. The second kappa shape index (κ2) is 8.50. The van der Waals surface area contributed by atoms with Gasteiger partial charge in [0.05, 0.1) is 17.7 Å². The molecule has 3 rings (SSSR count). The maximum Gasteiger partial charge on any atom is 0.262 e. The van der Waals surface area contributed by atoms with Gasteiger partial charge in [-0.05, 0) is 60.7 Å². The highest BCUT2D eigenvalue weighted by molar-refractivity contribution is 7.92. The molecular formula is C20H16ClFN2O4S. The van der Waals surface area contributed by atoms with Crippen LogP contribution in [-0.4, -0.2) is 21.4 Å². The lowest BCUT2D eigenvalue weighted by Crippen LogP contribution is -2.16. The van der Waals surface area contributed by atoms with Gasteiger partial charge in [0.1, 0.15) is 11.6 Å². The number of carbonyl (C=O) groups is 1. The highest BCUT2D eigenvalue weighted by Gasteiger charge is 2.19. The van der Waals surface area contributed by atoms with E-state index in [9.17, 15) is 17.6 Å². The number of amides is 1. The lowest BCUT2D eigenvalue weighted by Gasteiger charge is -2.13. The Hall–Kier alpha value is -3.10. The summed E-state index contributed by atoms with van der Waals surface area (Å²) in [5.41, 5.74) is 0.669. The molecule has 0 spiro atoms. The summed E-state index contributed by atoms with van der Waals surface area (Å²) in [5, 5.41) is 2.91. The number of hydrogen-bond acceptors (Lipinski definition) is 4. The Morgan fingerprint density at radius 3 is 2.45 bits per heavy atom. The molecule has 1 amide bonds. The molecule has 0 atom stereocenters. The van der Waals surface area contributed by atoms with E-state index in [0.717, 1.165) is 0 Å². The SMILES string of the molecule is COc1ccc(Cl)cc1NS(=O)(=O)c1cccc(C(=O)Nc2ccc(F)cc2)c1. The van der Waals surface area contributed by atoms with Crippen LogP contribution in [0.5, 0.6) is 5.75 Å². The number of sulfonamides is 1. The van der Waals surface area contributed by atoms with Crippen LogP contribution in [0.4, 0.5) is 15.8 Å². The minimum Gasteiger partial charge on any atom is -0.495 e. The molecule has 3 aromatic carbocycles. The molecule has 0 unspecified atom stereocenters. The zero-order valence-electron chi connectivity index (χ0n) is 15.1. The average Bonchev–Trinajstić information content (AvgIpc) is 2.70. The van der Waals surface area contributed by atoms with Crippen molar-refractivity contribution in [1.82, 2.24) is 0 Å². The first kappa shape index (κ1) is 20.6.